The van der Waals surface area contributed by atoms with Crippen molar-refractivity contribution >= 4 is 28.4 Å². The molecule has 1 saturated carbocycles. The number of ether oxygens (including phenoxy) is 1. The molecule has 114 valence electrons. The van der Waals surface area contributed by atoms with E-state index in [0.717, 1.165) is 20.0 Å². The van der Waals surface area contributed by atoms with Crippen molar-refractivity contribution in [3.63, 3.8) is 0 Å². The highest BCUT2D eigenvalue weighted by Gasteiger charge is 2.36. The Balaban J connectivity index is 2.65. The average Bonchev–Trinajstić information content (AvgIpc) is 3.18. The molecule has 0 amide bonds. The lowest BCUT2D eigenvalue weighted by molar-refractivity contribution is -0.133. The van der Waals surface area contributed by atoms with E-state index < -0.39 is 33.2 Å². The SMILES string of the molecule is COC(=O)C(=N)C(=O)C[C@H](NS(=O)C(C)(C)C)C1CC1. The molecule has 1 aliphatic rings. The zero-order valence-corrected chi connectivity index (χ0v) is 13.1. The van der Waals surface area contributed by atoms with E-state index in [1.807, 2.05) is 20.8 Å². The summed E-state index contributed by atoms with van der Waals surface area (Å²) in [4.78, 5) is 23.0. The summed E-state index contributed by atoms with van der Waals surface area (Å²) in [5, 5.41) is 7.43. The van der Waals surface area contributed by atoms with Crippen LogP contribution in [0.5, 0.6) is 0 Å². The van der Waals surface area contributed by atoms with Gasteiger partial charge in [-0.05, 0) is 39.5 Å². The van der Waals surface area contributed by atoms with E-state index in [9.17, 15) is 13.8 Å². The number of esters is 1. The van der Waals surface area contributed by atoms with Crippen molar-refractivity contribution in [2.24, 2.45) is 5.92 Å². The normalized spacial score (nSPS) is 18.2. The van der Waals surface area contributed by atoms with E-state index >= 15 is 0 Å². The van der Waals surface area contributed by atoms with Gasteiger partial charge in [0.25, 0.3) is 0 Å². The molecule has 7 heteroatoms. The Morgan fingerprint density at radius 1 is 1.40 bits per heavy atom. The van der Waals surface area contributed by atoms with Crippen LogP contribution in [0.2, 0.25) is 0 Å². The fourth-order valence-electron chi connectivity index (χ4n) is 1.64. The standard InChI is InChI=1S/C13H22N2O4S/c1-13(2,3)20(18)15-9(8-5-6-8)7-10(16)11(14)12(17)19-4/h8-9,14-15H,5-7H2,1-4H3/t9-,20?/m0/s1. The highest BCUT2D eigenvalue weighted by Crippen LogP contribution is 2.34. The zero-order chi connectivity index (χ0) is 15.5. The molecule has 2 N–H and O–H groups in total. The number of carbonyl (C=O) groups is 2. The van der Waals surface area contributed by atoms with E-state index in [1.54, 1.807) is 0 Å². The van der Waals surface area contributed by atoms with Crippen LogP contribution in [0.3, 0.4) is 0 Å². The lowest BCUT2D eigenvalue weighted by Gasteiger charge is -2.23. The lowest BCUT2D eigenvalue weighted by atomic mass is 10.0. The molecule has 1 aliphatic carbocycles. The van der Waals surface area contributed by atoms with Crippen LogP contribution >= 0.6 is 0 Å². The number of hydrogen-bond donors (Lipinski definition) is 2. The quantitative estimate of drug-likeness (QED) is 0.416. The van der Waals surface area contributed by atoms with Crippen molar-refractivity contribution in [2.45, 2.75) is 50.8 Å². The molecule has 0 aromatic carbocycles. The molecule has 0 saturated heterocycles. The summed E-state index contributed by atoms with van der Waals surface area (Å²) < 4.78 is 19.0. The minimum atomic E-state index is -1.28. The summed E-state index contributed by atoms with van der Waals surface area (Å²) in [6.07, 6.45) is 1.94. The van der Waals surface area contributed by atoms with Gasteiger partial charge in [-0.1, -0.05) is 0 Å². The molecule has 1 rings (SSSR count). The predicted octanol–water partition coefficient (Wildman–Crippen LogP) is 0.969. The number of carbonyl (C=O) groups excluding carboxylic acids is 2. The van der Waals surface area contributed by atoms with Crippen LogP contribution < -0.4 is 4.72 Å². The van der Waals surface area contributed by atoms with Crippen LogP contribution in [0.1, 0.15) is 40.0 Å². The molecule has 0 aromatic heterocycles. The van der Waals surface area contributed by atoms with E-state index in [4.69, 9.17) is 5.41 Å². The van der Waals surface area contributed by atoms with Crippen LogP contribution in [-0.2, 0) is 25.3 Å². The first-order valence-corrected chi connectivity index (χ1v) is 7.70. The first-order chi connectivity index (χ1) is 9.16. The van der Waals surface area contributed by atoms with Gasteiger partial charge in [0.15, 0.2) is 11.5 Å². The summed E-state index contributed by atoms with van der Waals surface area (Å²) >= 11 is 0. The Hall–Kier alpha value is -1.08. The van der Waals surface area contributed by atoms with Crippen LogP contribution in [0, 0.1) is 11.3 Å². The van der Waals surface area contributed by atoms with Gasteiger partial charge < -0.3 is 4.74 Å². The summed E-state index contributed by atoms with van der Waals surface area (Å²) in [5.41, 5.74) is -0.651. The number of hydrogen-bond acceptors (Lipinski definition) is 5. The molecule has 0 aliphatic heterocycles. The van der Waals surface area contributed by atoms with Gasteiger partial charge in [0.2, 0.25) is 0 Å². The monoisotopic (exact) mass is 302 g/mol. The largest absolute Gasteiger partial charge is 0.464 e. The van der Waals surface area contributed by atoms with Crippen molar-refractivity contribution in [3.8, 4) is 0 Å². The molecule has 1 fully saturated rings. The van der Waals surface area contributed by atoms with Crippen molar-refractivity contribution in [1.82, 2.24) is 4.72 Å². The Kier molecular flexibility index (Phi) is 5.59. The van der Waals surface area contributed by atoms with Crippen molar-refractivity contribution < 1.29 is 18.5 Å². The van der Waals surface area contributed by atoms with Gasteiger partial charge in [0.05, 0.1) is 22.8 Å². The second-order valence-electron chi connectivity index (χ2n) is 5.94. The van der Waals surface area contributed by atoms with Crippen LogP contribution in [-0.4, -0.2) is 39.6 Å². The molecule has 0 heterocycles. The van der Waals surface area contributed by atoms with Gasteiger partial charge in [0, 0.05) is 12.5 Å². The van der Waals surface area contributed by atoms with Crippen LogP contribution in [0.4, 0.5) is 0 Å². The number of Topliss-reactive ketones (excluding diaryl/α,β-unsaturated/α-hetero) is 1. The minimum absolute atomic E-state index is 0.000417. The topological polar surface area (TPSA) is 96.3 Å². The maximum Gasteiger partial charge on any atom is 0.359 e. The maximum atomic E-state index is 12.1. The fraction of sp³-hybridized carbons (Fsp3) is 0.769. The minimum Gasteiger partial charge on any atom is -0.464 e. The predicted molar refractivity (Wildman–Crippen MR) is 76.9 cm³/mol. The van der Waals surface area contributed by atoms with Gasteiger partial charge in [-0.15, -0.1) is 0 Å². The molecule has 1 unspecified atom stereocenters. The summed E-state index contributed by atoms with van der Waals surface area (Å²) in [6.45, 7) is 5.54. The van der Waals surface area contributed by atoms with Crippen molar-refractivity contribution in [3.05, 3.63) is 0 Å². The molecule has 2 atom stereocenters. The number of rotatable bonds is 7. The lowest BCUT2D eigenvalue weighted by Crippen LogP contribution is -2.43. The Bertz CT molecular complexity index is 438. The fourth-order valence-corrected chi connectivity index (χ4v) is 2.54. The third-order valence-electron chi connectivity index (χ3n) is 3.08. The number of ketones is 1. The van der Waals surface area contributed by atoms with Gasteiger partial charge in [-0.2, -0.15) is 0 Å². The Morgan fingerprint density at radius 3 is 2.35 bits per heavy atom. The molecule has 20 heavy (non-hydrogen) atoms. The highest BCUT2D eigenvalue weighted by atomic mass is 32.2. The molecule has 0 aromatic rings. The van der Waals surface area contributed by atoms with Gasteiger partial charge in [0.1, 0.15) is 0 Å². The third kappa shape index (κ3) is 4.79. The van der Waals surface area contributed by atoms with Crippen LogP contribution in [0.15, 0.2) is 0 Å². The third-order valence-corrected chi connectivity index (χ3v) is 4.71. The first-order valence-electron chi connectivity index (χ1n) is 6.55. The smallest absolute Gasteiger partial charge is 0.359 e. The van der Waals surface area contributed by atoms with Gasteiger partial charge in [-0.25, -0.2) is 13.7 Å². The van der Waals surface area contributed by atoms with Gasteiger partial charge >= 0.3 is 5.97 Å². The number of methoxy groups -OCH3 is 1. The van der Waals surface area contributed by atoms with E-state index in [1.165, 1.54) is 0 Å². The average molecular weight is 302 g/mol. The summed E-state index contributed by atoms with van der Waals surface area (Å²) in [7, 11) is -0.145. The molecule has 6 nitrogen and oxygen atoms in total. The van der Waals surface area contributed by atoms with Crippen molar-refractivity contribution in [2.75, 3.05) is 7.11 Å². The summed E-state index contributed by atoms with van der Waals surface area (Å²) in [5.74, 6) is -1.22. The van der Waals surface area contributed by atoms with Crippen LogP contribution in [0.25, 0.3) is 0 Å². The molecular weight excluding hydrogens is 280 g/mol. The Morgan fingerprint density at radius 2 is 1.95 bits per heavy atom. The second kappa shape index (κ2) is 6.58. The highest BCUT2D eigenvalue weighted by molar-refractivity contribution is 7.84. The number of nitrogens with one attached hydrogen (secondary N) is 2. The molecule has 0 spiro atoms. The Labute approximate surface area is 121 Å². The zero-order valence-electron chi connectivity index (χ0n) is 12.3. The first kappa shape index (κ1) is 17.0. The maximum absolute atomic E-state index is 12.1. The molecule has 0 radical (unpaired) electrons. The van der Waals surface area contributed by atoms with Crippen molar-refractivity contribution in [1.29, 1.82) is 5.41 Å². The van der Waals surface area contributed by atoms with E-state index in [0.29, 0.717) is 0 Å². The van der Waals surface area contributed by atoms with Gasteiger partial charge in [-0.3, -0.25) is 10.2 Å². The van der Waals surface area contributed by atoms with E-state index in [-0.39, 0.29) is 18.4 Å². The summed E-state index contributed by atoms with van der Waals surface area (Å²) in [6, 6.07) is -0.257. The van der Waals surface area contributed by atoms with E-state index in [2.05, 4.69) is 9.46 Å². The molecular formula is C13H22N2O4S. The second-order valence-corrected chi connectivity index (χ2v) is 7.93. The molecule has 0 bridgehead atoms.